The SMILES string of the molecule is COc1ncc(-c2ccc3c(c2)oc2ccc(S(=O)(=O)N[C@@H](C=O)C(C)C)cc23)cn1. The molecule has 9 heteroatoms. The summed E-state index contributed by atoms with van der Waals surface area (Å²) in [4.78, 5) is 19.5. The summed E-state index contributed by atoms with van der Waals surface area (Å²) in [6.45, 7) is 3.56. The van der Waals surface area contributed by atoms with Gasteiger partial charge in [-0.15, -0.1) is 0 Å². The van der Waals surface area contributed by atoms with Gasteiger partial charge in [0.2, 0.25) is 10.0 Å². The summed E-state index contributed by atoms with van der Waals surface area (Å²) in [5, 5.41) is 1.45. The second-order valence-electron chi connectivity index (χ2n) is 7.46. The van der Waals surface area contributed by atoms with Crippen molar-refractivity contribution in [2.45, 2.75) is 24.8 Å². The second kappa shape index (κ2) is 8.09. The minimum atomic E-state index is -3.86. The van der Waals surface area contributed by atoms with Crippen LogP contribution in [0.4, 0.5) is 0 Å². The Morgan fingerprint density at radius 2 is 1.74 bits per heavy atom. The number of benzene rings is 2. The summed E-state index contributed by atoms with van der Waals surface area (Å²) in [5.74, 6) is -0.161. The summed E-state index contributed by atoms with van der Waals surface area (Å²) in [6, 6.07) is 9.74. The first-order valence-corrected chi connectivity index (χ1v) is 11.1. The molecule has 4 rings (SSSR count). The number of aldehydes is 1. The van der Waals surface area contributed by atoms with E-state index in [4.69, 9.17) is 9.15 Å². The Balaban J connectivity index is 1.74. The molecule has 0 bridgehead atoms. The molecule has 31 heavy (non-hydrogen) atoms. The summed E-state index contributed by atoms with van der Waals surface area (Å²) >= 11 is 0. The topological polar surface area (TPSA) is 111 Å². The lowest BCUT2D eigenvalue weighted by atomic mass is 10.1. The number of carbonyl (C=O) groups excluding carboxylic acids is 1. The first-order valence-electron chi connectivity index (χ1n) is 9.62. The Bertz CT molecular complexity index is 1360. The Morgan fingerprint density at radius 1 is 1.00 bits per heavy atom. The second-order valence-corrected chi connectivity index (χ2v) is 9.17. The highest BCUT2D eigenvalue weighted by atomic mass is 32.2. The number of aromatic nitrogens is 2. The normalized spacial score (nSPS) is 13.0. The largest absolute Gasteiger partial charge is 0.467 e. The molecule has 8 nitrogen and oxygen atoms in total. The molecule has 0 saturated heterocycles. The standard InChI is InChI=1S/C22H21N3O5S/c1-13(2)19(12-26)25-31(27,28)16-5-7-20-18(9-16)17-6-4-14(8-21(17)30-20)15-10-23-22(29-3)24-11-15/h4-13,19,25H,1-3H3/t19-/m0/s1. The van der Waals surface area contributed by atoms with Crippen LogP contribution in [-0.4, -0.2) is 37.8 Å². The van der Waals surface area contributed by atoms with E-state index in [-0.39, 0.29) is 16.8 Å². The van der Waals surface area contributed by atoms with Crippen LogP contribution in [0.15, 0.2) is 58.1 Å². The molecule has 0 saturated carbocycles. The molecule has 0 fully saturated rings. The molecule has 160 valence electrons. The highest BCUT2D eigenvalue weighted by molar-refractivity contribution is 7.89. The van der Waals surface area contributed by atoms with Crippen molar-refractivity contribution in [2.24, 2.45) is 5.92 Å². The van der Waals surface area contributed by atoms with Crippen molar-refractivity contribution in [3.63, 3.8) is 0 Å². The molecule has 0 amide bonds. The molecule has 0 unspecified atom stereocenters. The van der Waals surface area contributed by atoms with Crippen LogP contribution in [-0.2, 0) is 14.8 Å². The van der Waals surface area contributed by atoms with Crippen LogP contribution in [0.5, 0.6) is 6.01 Å². The zero-order valence-electron chi connectivity index (χ0n) is 17.2. The van der Waals surface area contributed by atoms with Gasteiger partial charge in [0.15, 0.2) is 0 Å². The van der Waals surface area contributed by atoms with Crippen molar-refractivity contribution in [1.82, 2.24) is 14.7 Å². The van der Waals surface area contributed by atoms with Crippen molar-refractivity contribution in [2.75, 3.05) is 7.11 Å². The molecule has 0 aliphatic heterocycles. The van der Waals surface area contributed by atoms with Gasteiger partial charge in [0.25, 0.3) is 0 Å². The van der Waals surface area contributed by atoms with E-state index in [1.165, 1.54) is 13.2 Å². The molecule has 2 heterocycles. The molecule has 0 radical (unpaired) electrons. The van der Waals surface area contributed by atoms with Gasteiger partial charge < -0.3 is 13.9 Å². The lowest BCUT2D eigenvalue weighted by Crippen LogP contribution is -2.39. The number of ether oxygens (including phenoxy) is 1. The van der Waals surface area contributed by atoms with E-state index < -0.39 is 16.1 Å². The summed E-state index contributed by atoms with van der Waals surface area (Å²) in [6.07, 6.45) is 3.92. The van der Waals surface area contributed by atoms with E-state index in [1.54, 1.807) is 38.4 Å². The fraction of sp³-hybridized carbons (Fsp3) is 0.227. The fourth-order valence-electron chi connectivity index (χ4n) is 3.24. The van der Waals surface area contributed by atoms with Gasteiger partial charge in [-0.05, 0) is 41.8 Å². The zero-order valence-corrected chi connectivity index (χ0v) is 18.0. The number of sulfonamides is 1. The van der Waals surface area contributed by atoms with E-state index in [0.717, 1.165) is 16.5 Å². The van der Waals surface area contributed by atoms with Gasteiger partial charge in [0.1, 0.15) is 17.5 Å². The molecular weight excluding hydrogens is 418 g/mol. The van der Waals surface area contributed by atoms with Crippen LogP contribution >= 0.6 is 0 Å². The van der Waals surface area contributed by atoms with Gasteiger partial charge >= 0.3 is 6.01 Å². The minimum Gasteiger partial charge on any atom is -0.467 e. The number of fused-ring (bicyclic) bond motifs is 3. The molecule has 2 aromatic carbocycles. The maximum atomic E-state index is 12.8. The summed E-state index contributed by atoms with van der Waals surface area (Å²) in [7, 11) is -2.36. The minimum absolute atomic E-state index is 0.0721. The van der Waals surface area contributed by atoms with E-state index in [9.17, 15) is 13.2 Å². The van der Waals surface area contributed by atoms with Crippen molar-refractivity contribution >= 4 is 38.2 Å². The van der Waals surface area contributed by atoms with Gasteiger partial charge in [-0.1, -0.05) is 19.9 Å². The number of nitrogens with one attached hydrogen (secondary N) is 1. The lowest BCUT2D eigenvalue weighted by Gasteiger charge is -2.16. The third-order valence-corrected chi connectivity index (χ3v) is 6.51. The van der Waals surface area contributed by atoms with Gasteiger partial charge in [0, 0.05) is 28.7 Å². The average Bonchev–Trinajstić information content (AvgIpc) is 3.14. The van der Waals surface area contributed by atoms with Crippen LogP contribution in [0.3, 0.4) is 0 Å². The van der Waals surface area contributed by atoms with E-state index in [2.05, 4.69) is 14.7 Å². The quantitative estimate of drug-likeness (QED) is 0.438. The summed E-state index contributed by atoms with van der Waals surface area (Å²) < 4.78 is 38.9. The smallest absolute Gasteiger partial charge is 0.316 e. The first kappa shape index (κ1) is 21.0. The van der Waals surface area contributed by atoms with Crippen LogP contribution in [0.2, 0.25) is 0 Å². The van der Waals surface area contributed by atoms with Gasteiger partial charge in [-0.2, -0.15) is 0 Å². The van der Waals surface area contributed by atoms with Crippen LogP contribution in [0.1, 0.15) is 13.8 Å². The van der Waals surface area contributed by atoms with Crippen LogP contribution < -0.4 is 9.46 Å². The number of hydrogen-bond acceptors (Lipinski definition) is 7. The van der Waals surface area contributed by atoms with Gasteiger partial charge in [-0.3, -0.25) is 0 Å². The number of carbonyl (C=O) groups is 1. The molecule has 0 aliphatic carbocycles. The van der Waals surface area contributed by atoms with Crippen molar-refractivity contribution in [1.29, 1.82) is 0 Å². The van der Waals surface area contributed by atoms with Crippen LogP contribution in [0, 0.1) is 5.92 Å². The van der Waals surface area contributed by atoms with E-state index >= 15 is 0 Å². The third kappa shape index (κ3) is 4.01. The number of nitrogens with zero attached hydrogens (tertiary/aromatic N) is 2. The first-order chi connectivity index (χ1) is 14.8. The lowest BCUT2D eigenvalue weighted by molar-refractivity contribution is -0.110. The molecule has 1 atom stereocenters. The van der Waals surface area contributed by atoms with Crippen molar-refractivity contribution in [3.8, 4) is 17.1 Å². The van der Waals surface area contributed by atoms with Crippen molar-refractivity contribution in [3.05, 3.63) is 48.8 Å². The Morgan fingerprint density at radius 3 is 2.39 bits per heavy atom. The molecule has 1 N–H and O–H groups in total. The van der Waals surface area contributed by atoms with E-state index in [0.29, 0.717) is 22.8 Å². The number of furan rings is 1. The third-order valence-electron chi connectivity index (χ3n) is 5.05. The maximum absolute atomic E-state index is 12.8. The molecule has 0 aliphatic rings. The molecular formula is C22H21N3O5S. The van der Waals surface area contributed by atoms with E-state index in [1.807, 2.05) is 18.2 Å². The van der Waals surface area contributed by atoms with Crippen molar-refractivity contribution < 1.29 is 22.4 Å². The van der Waals surface area contributed by atoms with Gasteiger partial charge in [0.05, 0.1) is 18.0 Å². The average molecular weight is 439 g/mol. The Labute approximate surface area is 179 Å². The predicted molar refractivity (Wildman–Crippen MR) is 116 cm³/mol. The maximum Gasteiger partial charge on any atom is 0.316 e. The number of hydrogen-bond donors (Lipinski definition) is 1. The highest BCUT2D eigenvalue weighted by Gasteiger charge is 2.23. The number of methoxy groups -OCH3 is 1. The molecule has 4 aromatic rings. The highest BCUT2D eigenvalue weighted by Crippen LogP contribution is 2.33. The number of rotatable bonds is 7. The monoisotopic (exact) mass is 439 g/mol. The molecule has 0 spiro atoms. The van der Waals surface area contributed by atoms with Crippen LogP contribution in [0.25, 0.3) is 33.1 Å². The summed E-state index contributed by atoms with van der Waals surface area (Å²) in [5.41, 5.74) is 2.82. The predicted octanol–water partition coefficient (Wildman–Crippen LogP) is 3.55. The Kier molecular flexibility index (Phi) is 5.47. The fourth-order valence-corrected chi connectivity index (χ4v) is 4.58. The Hall–Kier alpha value is -3.30. The van der Waals surface area contributed by atoms with Gasteiger partial charge in [-0.25, -0.2) is 23.1 Å². The zero-order chi connectivity index (χ0) is 22.2. The molecule has 2 aromatic heterocycles.